The summed E-state index contributed by atoms with van der Waals surface area (Å²) in [7, 11) is -1.75. The Hall–Kier alpha value is -2.67. The molecule has 1 rings (SSSR count). The van der Waals surface area contributed by atoms with E-state index in [0.29, 0.717) is 12.8 Å². The molecule has 34 heavy (non-hydrogen) atoms. The van der Waals surface area contributed by atoms with E-state index >= 15 is 0 Å². The molecule has 0 spiro atoms. The summed E-state index contributed by atoms with van der Waals surface area (Å²) in [6.45, 7) is 11.9. The summed E-state index contributed by atoms with van der Waals surface area (Å²) in [5.41, 5.74) is 2.54. The largest absolute Gasteiger partial charge is 0.475 e. The first kappa shape index (κ1) is 29.4. The highest BCUT2D eigenvalue weighted by Crippen LogP contribution is 2.59. The number of hydrogen-bond acceptors (Lipinski definition) is 7. The molecule has 13 heteroatoms. The summed E-state index contributed by atoms with van der Waals surface area (Å²) in [6.07, 6.45) is 2.90. The van der Waals surface area contributed by atoms with Crippen LogP contribution >= 0.6 is 0 Å². The highest BCUT2D eigenvalue weighted by atomic mass is 16.7. The molecular formula is C21H39BN6O6. The fourth-order valence-electron chi connectivity index (χ4n) is 4.08. The number of hydrazine groups is 1. The number of guanidine groups is 1. The van der Waals surface area contributed by atoms with Crippen LogP contribution in [-0.2, 0) is 9.59 Å². The quantitative estimate of drug-likeness (QED) is 0.0372. The standard InChI is InChI=1S/C21H39BN6O6/c1-12(2)10-14-17(21(14,5)6)19(30)25-15(8-7-9-24-20(23)27-28(33)34)18(29)26-16(22(31)32)11-13(3)4/h10,13-17,31-32H,7-9,11H2,1-6H3,(H,25,30)(H,26,29)(H3,23,24,27)/t14?,15-,16-,17?/m0/s1. The van der Waals surface area contributed by atoms with E-state index in [9.17, 15) is 29.8 Å². The van der Waals surface area contributed by atoms with Gasteiger partial charge < -0.3 is 26.0 Å². The molecule has 0 radical (unpaired) electrons. The van der Waals surface area contributed by atoms with Crippen LogP contribution in [0.4, 0.5) is 0 Å². The van der Waals surface area contributed by atoms with Crippen LogP contribution in [0.2, 0.25) is 0 Å². The van der Waals surface area contributed by atoms with Crippen molar-refractivity contribution in [3.05, 3.63) is 21.8 Å². The minimum Gasteiger partial charge on any atom is -0.426 e. The van der Waals surface area contributed by atoms with E-state index in [1.165, 1.54) is 0 Å². The Morgan fingerprint density at radius 3 is 2.35 bits per heavy atom. The Morgan fingerprint density at radius 1 is 1.24 bits per heavy atom. The molecule has 0 heterocycles. The van der Waals surface area contributed by atoms with E-state index < -0.39 is 36.0 Å². The molecule has 1 fully saturated rings. The molecule has 2 amide bonds. The number of hydrogen-bond donors (Lipinski definition) is 7. The van der Waals surface area contributed by atoms with Crippen molar-refractivity contribution in [1.29, 1.82) is 5.41 Å². The second kappa shape index (κ2) is 12.7. The first-order valence-electron chi connectivity index (χ1n) is 11.5. The maximum Gasteiger partial charge on any atom is 0.475 e. The van der Waals surface area contributed by atoms with Crippen LogP contribution in [-0.4, -0.2) is 58.5 Å². The molecule has 0 aromatic heterocycles. The van der Waals surface area contributed by atoms with Crippen molar-refractivity contribution in [3.8, 4) is 0 Å². The van der Waals surface area contributed by atoms with Gasteiger partial charge in [0.2, 0.25) is 11.8 Å². The molecule has 2 unspecified atom stereocenters. The second-order valence-electron chi connectivity index (χ2n) is 10.1. The van der Waals surface area contributed by atoms with Gasteiger partial charge in [-0.1, -0.05) is 44.8 Å². The minimum atomic E-state index is -1.75. The fraction of sp³-hybridized carbons (Fsp3) is 0.762. The number of carbonyl (C=O) groups is 2. The molecule has 0 bridgehead atoms. The van der Waals surface area contributed by atoms with Gasteiger partial charge in [-0.25, -0.2) is 10.1 Å². The van der Waals surface area contributed by atoms with E-state index in [4.69, 9.17) is 5.41 Å². The monoisotopic (exact) mass is 482 g/mol. The highest BCUT2D eigenvalue weighted by Gasteiger charge is 2.60. The zero-order valence-corrected chi connectivity index (χ0v) is 20.8. The summed E-state index contributed by atoms with van der Waals surface area (Å²) in [6, 6.07) is -0.941. The molecule has 4 atom stereocenters. The Labute approximate surface area is 201 Å². The van der Waals surface area contributed by atoms with Crippen molar-refractivity contribution >= 4 is 24.9 Å². The van der Waals surface area contributed by atoms with Crippen molar-refractivity contribution in [1.82, 2.24) is 21.4 Å². The van der Waals surface area contributed by atoms with Crippen LogP contribution in [0.1, 0.15) is 60.8 Å². The zero-order chi connectivity index (χ0) is 26.2. The van der Waals surface area contributed by atoms with E-state index in [2.05, 4.69) is 22.0 Å². The molecule has 1 aliphatic carbocycles. The third kappa shape index (κ3) is 9.30. The molecule has 0 aromatic carbocycles. The lowest BCUT2D eigenvalue weighted by Crippen LogP contribution is -2.54. The number of carbonyl (C=O) groups excluding carboxylic acids is 2. The van der Waals surface area contributed by atoms with Crippen LogP contribution in [0.3, 0.4) is 0 Å². The van der Waals surface area contributed by atoms with Crippen molar-refractivity contribution < 1.29 is 24.7 Å². The van der Waals surface area contributed by atoms with Crippen molar-refractivity contribution in [2.24, 2.45) is 23.2 Å². The SMILES string of the molecule is CC(C)=CC1C(C(=O)N[C@@H](CCCNC(=N)N[N+](=O)[O-])C(=O)N[C@@H](CC(C)C)B(O)O)C1(C)C. The van der Waals surface area contributed by atoms with Crippen LogP contribution in [0.25, 0.3) is 0 Å². The summed E-state index contributed by atoms with van der Waals surface area (Å²) in [5, 5.41) is 44.2. The van der Waals surface area contributed by atoms with Gasteiger partial charge in [0.05, 0.1) is 11.9 Å². The normalized spacial score (nSPS) is 19.9. The highest BCUT2D eigenvalue weighted by molar-refractivity contribution is 6.43. The number of allylic oxidation sites excluding steroid dienone is 2. The van der Waals surface area contributed by atoms with Crippen LogP contribution < -0.4 is 21.4 Å². The summed E-state index contributed by atoms with van der Waals surface area (Å²) in [5.74, 6) is -2.30. The topological polar surface area (TPSA) is 190 Å². The Kier molecular flexibility index (Phi) is 11.0. The Bertz CT molecular complexity index is 784. The molecule has 0 saturated heterocycles. The van der Waals surface area contributed by atoms with Gasteiger partial charge in [0.25, 0.3) is 5.96 Å². The number of nitrogens with one attached hydrogen (secondary N) is 5. The average molecular weight is 482 g/mol. The van der Waals surface area contributed by atoms with E-state index in [1.54, 1.807) is 5.43 Å². The Balaban J connectivity index is 2.87. The predicted octanol–water partition coefficient (Wildman–Crippen LogP) is 0.338. The van der Waals surface area contributed by atoms with Crippen LogP contribution in [0.5, 0.6) is 0 Å². The van der Waals surface area contributed by atoms with Gasteiger partial charge in [-0.05, 0) is 50.4 Å². The molecule has 7 N–H and O–H groups in total. The lowest BCUT2D eigenvalue weighted by Gasteiger charge is -2.24. The number of nitrogens with zero attached hydrogens (tertiary/aromatic N) is 1. The van der Waals surface area contributed by atoms with Crippen LogP contribution in [0.15, 0.2) is 11.6 Å². The van der Waals surface area contributed by atoms with E-state index in [-0.39, 0.29) is 42.0 Å². The van der Waals surface area contributed by atoms with Gasteiger partial charge in [-0.2, -0.15) is 0 Å². The maximum absolute atomic E-state index is 13.0. The van der Waals surface area contributed by atoms with Crippen molar-refractivity contribution in [2.75, 3.05) is 6.54 Å². The van der Waals surface area contributed by atoms with Gasteiger partial charge in [0.15, 0.2) is 5.03 Å². The van der Waals surface area contributed by atoms with Gasteiger partial charge in [-0.3, -0.25) is 15.0 Å². The third-order valence-electron chi connectivity index (χ3n) is 5.93. The number of amides is 2. The first-order chi connectivity index (χ1) is 15.7. The molecule has 1 saturated carbocycles. The van der Waals surface area contributed by atoms with Crippen molar-refractivity contribution in [2.45, 2.75) is 72.8 Å². The molecule has 192 valence electrons. The molecule has 0 aromatic rings. The lowest BCUT2D eigenvalue weighted by molar-refractivity contribution is -0.525. The predicted molar refractivity (Wildman–Crippen MR) is 129 cm³/mol. The molecule has 12 nitrogen and oxygen atoms in total. The summed E-state index contributed by atoms with van der Waals surface area (Å²) in [4.78, 5) is 36.4. The Morgan fingerprint density at radius 2 is 1.85 bits per heavy atom. The van der Waals surface area contributed by atoms with Crippen LogP contribution in [0, 0.1) is 38.7 Å². The zero-order valence-electron chi connectivity index (χ0n) is 20.8. The lowest BCUT2D eigenvalue weighted by atomic mass is 9.75. The third-order valence-corrected chi connectivity index (χ3v) is 5.93. The van der Waals surface area contributed by atoms with Gasteiger partial charge in [0.1, 0.15) is 6.04 Å². The summed E-state index contributed by atoms with van der Waals surface area (Å²) >= 11 is 0. The number of nitro groups is 1. The molecular weight excluding hydrogens is 443 g/mol. The maximum atomic E-state index is 13.0. The van der Waals surface area contributed by atoms with Gasteiger partial charge >= 0.3 is 7.12 Å². The summed E-state index contributed by atoms with van der Waals surface area (Å²) < 4.78 is 0. The average Bonchev–Trinajstić information content (AvgIpc) is 3.21. The van der Waals surface area contributed by atoms with Gasteiger partial charge in [-0.15, -0.1) is 0 Å². The van der Waals surface area contributed by atoms with E-state index in [1.807, 2.05) is 41.5 Å². The first-order valence-corrected chi connectivity index (χ1v) is 11.5. The van der Waals surface area contributed by atoms with E-state index in [0.717, 1.165) is 5.57 Å². The fourth-order valence-corrected chi connectivity index (χ4v) is 4.08. The number of rotatable bonds is 13. The second-order valence-corrected chi connectivity index (χ2v) is 10.1. The molecule has 0 aliphatic heterocycles. The minimum absolute atomic E-state index is 0.0597. The van der Waals surface area contributed by atoms with Gasteiger partial charge in [0, 0.05) is 6.54 Å². The molecule has 1 aliphatic rings. The smallest absolute Gasteiger partial charge is 0.426 e. The van der Waals surface area contributed by atoms with Crippen molar-refractivity contribution in [3.63, 3.8) is 0 Å².